The van der Waals surface area contributed by atoms with Crippen molar-refractivity contribution in [1.29, 1.82) is 0 Å². The average Bonchev–Trinajstić information content (AvgIpc) is 2.86. The van der Waals surface area contributed by atoms with Gasteiger partial charge in [0.05, 0.1) is 22.0 Å². The Bertz CT molecular complexity index is 1240. The van der Waals surface area contributed by atoms with Crippen molar-refractivity contribution in [3.8, 4) is 11.5 Å². The van der Waals surface area contributed by atoms with Crippen LogP contribution in [0.2, 0.25) is 10.0 Å². The highest BCUT2D eigenvalue weighted by molar-refractivity contribution is 7.92. The Kier molecular flexibility index (Phi) is 9.92. The van der Waals surface area contributed by atoms with E-state index in [9.17, 15) is 18.0 Å². The number of ether oxygens (including phenoxy) is 2. The number of nitrogens with zero attached hydrogens (tertiary/aromatic N) is 2. The van der Waals surface area contributed by atoms with E-state index in [0.717, 1.165) is 23.4 Å². The van der Waals surface area contributed by atoms with Crippen LogP contribution < -0.4 is 19.1 Å². The standard InChI is InChI=1S/C25H31Cl2N3O6S/c1-4-5-10-28-25(32)17(2)29(15-18-6-8-20(26)21(27)13-18)24(31)16-30(37(3,33)34)19-7-9-22-23(14-19)36-12-11-35-22/h6-9,13-14,17H,4-5,10-12,15-16H2,1-3H3,(H,28,32)/t17-/m0/s1. The van der Waals surface area contributed by atoms with Crippen LogP contribution in [0.5, 0.6) is 11.5 Å². The van der Waals surface area contributed by atoms with Crippen molar-refractivity contribution in [2.75, 3.05) is 36.9 Å². The Balaban J connectivity index is 1.90. The number of sulfonamides is 1. The average molecular weight is 573 g/mol. The van der Waals surface area contributed by atoms with Gasteiger partial charge in [0.1, 0.15) is 25.8 Å². The van der Waals surface area contributed by atoms with Gasteiger partial charge in [0.25, 0.3) is 0 Å². The molecule has 1 N–H and O–H groups in total. The van der Waals surface area contributed by atoms with Gasteiger partial charge < -0.3 is 19.7 Å². The highest BCUT2D eigenvalue weighted by Gasteiger charge is 2.30. The molecule has 0 aromatic heterocycles. The molecule has 3 rings (SSSR count). The third-order valence-corrected chi connectivity index (χ3v) is 7.71. The molecule has 2 aromatic carbocycles. The Hall–Kier alpha value is -2.69. The molecule has 1 atom stereocenters. The molecule has 202 valence electrons. The van der Waals surface area contributed by atoms with Crippen molar-refractivity contribution in [3.63, 3.8) is 0 Å². The lowest BCUT2D eigenvalue weighted by Gasteiger charge is -2.32. The predicted molar refractivity (Wildman–Crippen MR) is 144 cm³/mol. The highest BCUT2D eigenvalue weighted by atomic mass is 35.5. The van der Waals surface area contributed by atoms with Crippen molar-refractivity contribution in [1.82, 2.24) is 10.2 Å². The molecule has 0 fully saturated rings. The summed E-state index contributed by atoms with van der Waals surface area (Å²) in [6.45, 7) is 4.31. The Labute approximate surface area is 227 Å². The number of halogens is 2. The molecule has 37 heavy (non-hydrogen) atoms. The first-order chi connectivity index (χ1) is 17.5. The molecular formula is C25H31Cl2N3O6S. The van der Waals surface area contributed by atoms with Gasteiger partial charge >= 0.3 is 0 Å². The maximum atomic E-state index is 13.6. The number of nitrogens with one attached hydrogen (secondary N) is 1. The zero-order valence-corrected chi connectivity index (χ0v) is 23.3. The zero-order chi connectivity index (χ0) is 27.2. The molecule has 0 spiro atoms. The van der Waals surface area contributed by atoms with Gasteiger partial charge in [-0.2, -0.15) is 0 Å². The van der Waals surface area contributed by atoms with E-state index in [-0.39, 0.29) is 18.1 Å². The number of fused-ring (bicyclic) bond motifs is 1. The van der Waals surface area contributed by atoms with E-state index in [1.165, 1.54) is 11.0 Å². The quantitative estimate of drug-likeness (QED) is 0.410. The van der Waals surface area contributed by atoms with Crippen molar-refractivity contribution < 1.29 is 27.5 Å². The number of hydrogen-bond acceptors (Lipinski definition) is 6. The largest absolute Gasteiger partial charge is 0.486 e. The maximum absolute atomic E-state index is 13.6. The van der Waals surface area contributed by atoms with Crippen LogP contribution in [0.25, 0.3) is 0 Å². The number of carbonyl (C=O) groups excluding carboxylic acids is 2. The number of hydrogen-bond donors (Lipinski definition) is 1. The lowest BCUT2D eigenvalue weighted by molar-refractivity contribution is -0.139. The second kappa shape index (κ2) is 12.7. The Morgan fingerprint density at radius 1 is 1.05 bits per heavy atom. The lowest BCUT2D eigenvalue weighted by Crippen LogP contribution is -2.51. The van der Waals surface area contributed by atoms with Crippen molar-refractivity contribution in [3.05, 3.63) is 52.0 Å². The van der Waals surface area contributed by atoms with E-state index in [0.29, 0.717) is 46.9 Å². The maximum Gasteiger partial charge on any atom is 0.244 e. The summed E-state index contributed by atoms with van der Waals surface area (Å²) in [6.07, 6.45) is 2.71. The number of carbonyl (C=O) groups is 2. The Morgan fingerprint density at radius 2 is 1.76 bits per heavy atom. The highest BCUT2D eigenvalue weighted by Crippen LogP contribution is 2.34. The summed E-state index contributed by atoms with van der Waals surface area (Å²) in [4.78, 5) is 27.8. The van der Waals surface area contributed by atoms with Gasteiger partial charge in [0.15, 0.2) is 11.5 Å². The normalized spacial score (nSPS) is 13.5. The van der Waals surface area contributed by atoms with Gasteiger partial charge in [-0.3, -0.25) is 13.9 Å². The summed E-state index contributed by atoms with van der Waals surface area (Å²) < 4.78 is 37.6. The molecule has 1 aliphatic rings. The minimum Gasteiger partial charge on any atom is -0.486 e. The van der Waals surface area contributed by atoms with Crippen molar-refractivity contribution in [2.24, 2.45) is 0 Å². The molecule has 0 bridgehead atoms. The molecule has 0 aliphatic carbocycles. The van der Waals surface area contributed by atoms with E-state index in [1.807, 2.05) is 6.92 Å². The fourth-order valence-corrected chi connectivity index (χ4v) is 4.92. The first-order valence-electron chi connectivity index (χ1n) is 11.9. The number of anilines is 1. The topological polar surface area (TPSA) is 105 Å². The third kappa shape index (κ3) is 7.66. The first-order valence-corrected chi connectivity index (χ1v) is 14.5. The molecule has 1 aliphatic heterocycles. The SMILES string of the molecule is CCCCNC(=O)[C@H](C)N(Cc1ccc(Cl)c(Cl)c1)C(=O)CN(c1ccc2c(c1)OCCO2)S(C)(=O)=O. The molecule has 2 amide bonds. The summed E-state index contributed by atoms with van der Waals surface area (Å²) in [5, 5.41) is 3.50. The van der Waals surface area contributed by atoms with Crippen LogP contribution in [-0.4, -0.2) is 63.7 Å². The number of benzene rings is 2. The molecular weight excluding hydrogens is 541 g/mol. The van der Waals surface area contributed by atoms with Crippen LogP contribution in [0, 0.1) is 0 Å². The van der Waals surface area contributed by atoms with Crippen LogP contribution in [0.15, 0.2) is 36.4 Å². The summed E-state index contributed by atoms with van der Waals surface area (Å²) in [5.74, 6) is -0.0220. The van der Waals surface area contributed by atoms with E-state index < -0.39 is 28.5 Å². The van der Waals surface area contributed by atoms with Gasteiger partial charge in [-0.15, -0.1) is 0 Å². The second-order valence-electron chi connectivity index (χ2n) is 8.69. The predicted octanol–water partition coefficient (Wildman–Crippen LogP) is 3.86. The van der Waals surface area contributed by atoms with Crippen LogP contribution in [0.4, 0.5) is 5.69 Å². The minimum atomic E-state index is -3.87. The second-order valence-corrected chi connectivity index (χ2v) is 11.4. The van der Waals surface area contributed by atoms with Crippen LogP contribution in [0.3, 0.4) is 0 Å². The van der Waals surface area contributed by atoms with Gasteiger partial charge in [0.2, 0.25) is 21.8 Å². The molecule has 0 saturated heterocycles. The number of unbranched alkanes of at least 4 members (excludes halogenated alkanes) is 1. The van der Waals surface area contributed by atoms with Crippen molar-refractivity contribution >= 4 is 50.7 Å². The summed E-state index contributed by atoms with van der Waals surface area (Å²) in [7, 11) is -3.87. The zero-order valence-electron chi connectivity index (χ0n) is 21.0. The molecule has 1 heterocycles. The molecule has 9 nitrogen and oxygen atoms in total. The van der Waals surface area contributed by atoms with Gasteiger partial charge in [-0.25, -0.2) is 8.42 Å². The molecule has 0 unspecified atom stereocenters. The van der Waals surface area contributed by atoms with Gasteiger partial charge in [-0.1, -0.05) is 42.6 Å². The molecule has 12 heteroatoms. The summed E-state index contributed by atoms with van der Waals surface area (Å²) in [6, 6.07) is 8.71. The monoisotopic (exact) mass is 571 g/mol. The summed E-state index contributed by atoms with van der Waals surface area (Å²) in [5.41, 5.74) is 0.885. The Morgan fingerprint density at radius 3 is 2.41 bits per heavy atom. The van der Waals surface area contributed by atoms with Crippen LogP contribution >= 0.6 is 23.2 Å². The van der Waals surface area contributed by atoms with Crippen LogP contribution in [0.1, 0.15) is 32.3 Å². The molecule has 0 radical (unpaired) electrons. The van der Waals surface area contributed by atoms with Crippen LogP contribution in [-0.2, 0) is 26.2 Å². The lowest BCUT2D eigenvalue weighted by atomic mass is 10.1. The van der Waals surface area contributed by atoms with Gasteiger partial charge in [-0.05, 0) is 43.2 Å². The smallest absolute Gasteiger partial charge is 0.244 e. The molecule has 2 aromatic rings. The minimum absolute atomic E-state index is 0.0246. The number of amides is 2. The van der Waals surface area contributed by atoms with E-state index >= 15 is 0 Å². The third-order valence-electron chi connectivity index (χ3n) is 5.83. The fraction of sp³-hybridized carbons (Fsp3) is 0.440. The van der Waals surface area contributed by atoms with E-state index in [4.69, 9.17) is 32.7 Å². The first kappa shape index (κ1) is 28.9. The van der Waals surface area contributed by atoms with Gasteiger partial charge in [0, 0.05) is 19.2 Å². The van der Waals surface area contributed by atoms with E-state index in [2.05, 4.69) is 5.32 Å². The summed E-state index contributed by atoms with van der Waals surface area (Å²) >= 11 is 12.2. The fourth-order valence-electron chi connectivity index (χ4n) is 3.75. The van der Waals surface area contributed by atoms with E-state index in [1.54, 1.807) is 37.3 Å². The number of rotatable bonds is 11. The molecule has 0 saturated carbocycles. The van der Waals surface area contributed by atoms with Crippen molar-refractivity contribution in [2.45, 2.75) is 39.3 Å².